The molecule has 0 fully saturated rings. The second-order valence-corrected chi connectivity index (χ2v) is 3.69. The van der Waals surface area contributed by atoms with Gasteiger partial charge in [0.15, 0.2) is 6.29 Å². The first-order chi connectivity index (χ1) is 8.69. The predicted molar refractivity (Wildman–Crippen MR) is 68.3 cm³/mol. The lowest BCUT2D eigenvalue weighted by Crippen LogP contribution is -2.35. The van der Waals surface area contributed by atoms with E-state index in [1.807, 2.05) is 13.8 Å². The highest BCUT2D eigenvalue weighted by molar-refractivity contribution is 5.95. The lowest BCUT2D eigenvalue weighted by atomic mass is 10.2. The van der Waals surface area contributed by atoms with E-state index >= 15 is 0 Å². The summed E-state index contributed by atoms with van der Waals surface area (Å²) in [7, 11) is 0. The number of hydrogen-bond acceptors (Lipinski definition) is 4. The Morgan fingerprint density at radius 3 is 2.61 bits per heavy atom. The molecular formula is C13H20N2O3. The highest BCUT2D eigenvalue weighted by Crippen LogP contribution is 2.03. The molecule has 0 saturated carbocycles. The average Bonchev–Trinajstić information content (AvgIpc) is 2.36. The zero-order valence-corrected chi connectivity index (χ0v) is 11.1. The molecule has 0 aliphatic rings. The third-order valence-electron chi connectivity index (χ3n) is 2.39. The van der Waals surface area contributed by atoms with Crippen molar-refractivity contribution in [1.29, 1.82) is 0 Å². The summed E-state index contributed by atoms with van der Waals surface area (Å²) in [6, 6.07) is 3.48. The van der Waals surface area contributed by atoms with E-state index in [4.69, 9.17) is 9.47 Å². The zero-order chi connectivity index (χ0) is 13.4. The number of hydrogen-bond donors (Lipinski definition) is 1. The third kappa shape index (κ3) is 4.43. The Hall–Kier alpha value is -1.46. The van der Waals surface area contributed by atoms with Crippen LogP contribution in [0.25, 0.3) is 0 Å². The van der Waals surface area contributed by atoms with Gasteiger partial charge in [0.25, 0.3) is 5.91 Å². The summed E-state index contributed by atoms with van der Waals surface area (Å²) in [4.78, 5) is 16.0. The van der Waals surface area contributed by atoms with Gasteiger partial charge in [-0.2, -0.15) is 0 Å². The molecule has 1 heterocycles. The predicted octanol–water partition coefficient (Wildman–Crippen LogP) is 1.52. The number of ether oxygens (including phenoxy) is 2. The monoisotopic (exact) mass is 252 g/mol. The fourth-order valence-electron chi connectivity index (χ4n) is 1.53. The quantitative estimate of drug-likeness (QED) is 0.747. The molecule has 0 saturated heterocycles. The Morgan fingerprint density at radius 1 is 1.39 bits per heavy atom. The van der Waals surface area contributed by atoms with E-state index < -0.39 is 6.29 Å². The van der Waals surface area contributed by atoms with Crippen LogP contribution in [0.15, 0.2) is 18.3 Å². The number of aromatic nitrogens is 1. The molecule has 0 aliphatic carbocycles. The maximum atomic E-state index is 11.9. The van der Waals surface area contributed by atoms with Crippen molar-refractivity contribution in [3.63, 3.8) is 0 Å². The molecule has 5 nitrogen and oxygen atoms in total. The van der Waals surface area contributed by atoms with E-state index in [-0.39, 0.29) is 5.91 Å². The molecule has 0 unspecified atom stereocenters. The molecule has 1 aromatic rings. The number of pyridine rings is 1. The van der Waals surface area contributed by atoms with Gasteiger partial charge in [0.1, 0.15) is 0 Å². The molecule has 0 spiro atoms. The molecule has 0 radical (unpaired) electrons. The van der Waals surface area contributed by atoms with Gasteiger partial charge in [0.2, 0.25) is 0 Å². The fourth-order valence-corrected chi connectivity index (χ4v) is 1.53. The van der Waals surface area contributed by atoms with Gasteiger partial charge in [-0.15, -0.1) is 0 Å². The molecule has 0 aromatic carbocycles. The maximum absolute atomic E-state index is 11.9. The highest BCUT2D eigenvalue weighted by atomic mass is 16.7. The van der Waals surface area contributed by atoms with Gasteiger partial charge < -0.3 is 14.8 Å². The van der Waals surface area contributed by atoms with Gasteiger partial charge in [-0.3, -0.25) is 9.78 Å². The number of carbonyl (C=O) groups excluding carboxylic acids is 1. The summed E-state index contributed by atoms with van der Waals surface area (Å²) in [5.41, 5.74) is 1.28. The van der Waals surface area contributed by atoms with E-state index in [0.29, 0.717) is 31.0 Å². The van der Waals surface area contributed by atoms with Crippen molar-refractivity contribution in [2.75, 3.05) is 19.8 Å². The van der Waals surface area contributed by atoms with Crippen LogP contribution < -0.4 is 5.32 Å². The Morgan fingerprint density at radius 2 is 2.06 bits per heavy atom. The summed E-state index contributed by atoms with van der Waals surface area (Å²) in [6.45, 7) is 7.00. The van der Waals surface area contributed by atoms with Crippen molar-refractivity contribution in [3.8, 4) is 0 Å². The first-order valence-electron chi connectivity index (χ1n) is 6.12. The average molecular weight is 252 g/mol. The van der Waals surface area contributed by atoms with Crippen LogP contribution in [0.4, 0.5) is 0 Å². The minimum atomic E-state index is -0.402. The minimum absolute atomic E-state index is 0.162. The standard InChI is InChI=1S/C13H20N2O3/c1-4-17-12(18-5-2)9-15-13(16)11-7-6-8-14-10(11)3/h6-8,12H,4-5,9H2,1-3H3,(H,15,16). The molecule has 1 aromatic heterocycles. The topological polar surface area (TPSA) is 60.5 Å². The van der Waals surface area contributed by atoms with Crippen LogP contribution in [0.1, 0.15) is 29.9 Å². The number of nitrogens with zero attached hydrogens (tertiary/aromatic N) is 1. The minimum Gasteiger partial charge on any atom is -0.351 e. The molecule has 0 aliphatic heterocycles. The second-order valence-electron chi connectivity index (χ2n) is 3.69. The summed E-state index contributed by atoms with van der Waals surface area (Å²) in [5.74, 6) is -0.162. The lowest BCUT2D eigenvalue weighted by Gasteiger charge is -2.17. The molecule has 0 bridgehead atoms. The van der Waals surface area contributed by atoms with E-state index in [2.05, 4.69) is 10.3 Å². The SMILES string of the molecule is CCOC(CNC(=O)c1cccnc1C)OCC. The van der Waals surface area contributed by atoms with Crippen molar-refractivity contribution in [2.45, 2.75) is 27.1 Å². The van der Waals surface area contributed by atoms with Crippen LogP contribution in [0.5, 0.6) is 0 Å². The molecular weight excluding hydrogens is 232 g/mol. The summed E-state index contributed by atoms with van der Waals surface area (Å²) < 4.78 is 10.7. The molecule has 1 amide bonds. The van der Waals surface area contributed by atoms with Crippen molar-refractivity contribution in [1.82, 2.24) is 10.3 Å². The van der Waals surface area contributed by atoms with Crippen LogP contribution in [-0.4, -0.2) is 36.9 Å². The lowest BCUT2D eigenvalue weighted by molar-refractivity contribution is -0.131. The van der Waals surface area contributed by atoms with E-state index in [1.54, 1.807) is 25.3 Å². The summed E-state index contributed by atoms with van der Waals surface area (Å²) in [5, 5.41) is 2.78. The molecule has 100 valence electrons. The van der Waals surface area contributed by atoms with Gasteiger partial charge in [-0.25, -0.2) is 0 Å². The van der Waals surface area contributed by atoms with Gasteiger partial charge in [0, 0.05) is 25.1 Å². The summed E-state index contributed by atoms with van der Waals surface area (Å²) >= 11 is 0. The largest absolute Gasteiger partial charge is 0.351 e. The molecule has 1 N–H and O–H groups in total. The number of aryl methyl sites for hydroxylation is 1. The Balaban J connectivity index is 2.52. The third-order valence-corrected chi connectivity index (χ3v) is 2.39. The van der Waals surface area contributed by atoms with Gasteiger partial charge in [0.05, 0.1) is 12.1 Å². The van der Waals surface area contributed by atoms with Crippen LogP contribution in [0.3, 0.4) is 0 Å². The number of nitrogens with one attached hydrogen (secondary N) is 1. The zero-order valence-electron chi connectivity index (χ0n) is 11.1. The van der Waals surface area contributed by atoms with Crippen molar-refractivity contribution < 1.29 is 14.3 Å². The number of carbonyl (C=O) groups is 1. The van der Waals surface area contributed by atoms with Crippen LogP contribution >= 0.6 is 0 Å². The molecule has 18 heavy (non-hydrogen) atoms. The van der Waals surface area contributed by atoms with E-state index in [0.717, 1.165) is 0 Å². The molecule has 5 heteroatoms. The first-order valence-corrected chi connectivity index (χ1v) is 6.12. The van der Waals surface area contributed by atoms with Gasteiger partial charge >= 0.3 is 0 Å². The normalized spacial score (nSPS) is 10.7. The van der Waals surface area contributed by atoms with E-state index in [9.17, 15) is 4.79 Å². The Labute approximate surface area is 108 Å². The van der Waals surface area contributed by atoms with E-state index in [1.165, 1.54) is 0 Å². The second kappa shape index (κ2) is 7.79. The highest BCUT2D eigenvalue weighted by Gasteiger charge is 2.13. The molecule has 0 atom stereocenters. The van der Waals surface area contributed by atoms with Crippen molar-refractivity contribution in [2.24, 2.45) is 0 Å². The first kappa shape index (κ1) is 14.6. The summed E-state index contributed by atoms with van der Waals surface area (Å²) in [6.07, 6.45) is 1.26. The van der Waals surface area contributed by atoms with Gasteiger partial charge in [-0.05, 0) is 32.9 Å². The number of rotatable bonds is 7. The molecule has 1 rings (SSSR count). The van der Waals surface area contributed by atoms with Crippen LogP contribution in [0, 0.1) is 6.92 Å². The van der Waals surface area contributed by atoms with Crippen molar-refractivity contribution in [3.05, 3.63) is 29.6 Å². The smallest absolute Gasteiger partial charge is 0.253 e. The Bertz CT molecular complexity index is 376. The van der Waals surface area contributed by atoms with Gasteiger partial charge in [-0.1, -0.05) is 0 Å². The fraction of sp³-hybridized carbons (Fsp3) is 0.538. The van der Waals surface area contributed by atoms with Crippen LogP contribution in [-0.2, 0) is 9.47 Å². The number of amides is 1. The van der Waals surface area contributed by atoms with Crippen molar-refractivity contribution >= 4 is 5.91 Å². The Kier molecular flexibility index (Phi) is 6.32. The van der Waals surface area contributed by atoms with Crippen LogP contribution in [0.2, 0.25) is 0 Å². The maximum Gasteiger partial charge on any atom is 0.253 e.